The molecule has 1 N–H and O–H groups in total. The Morgan fingerprint density at radius 1 is 1.09 bits per heavy atom. The number of hydrogen-bond acceptors (Lipinski definition) is 2. The van der Waals surface area contributed by atoms with Crippen LogP contribution in [0.15, 0.2) is 59.8 Å². The molecule has 5 heteroatoms. The first-order valence-electron chi connectivity index (χ1n) is 7.01. The second-order valence-electron chi connectivity index (χ2n) is 4.94. The van der Waals surface area contributed by atoms with Crippen molar-refractivity contribution in [3.8, 4) is 0 Å². The Bertz CT molecular complexity index is 778. The van der Waals surface area contributed by atoms with Gasteiger partial charge >= 0.3 is 0 Å². The van der Waals surface area contributed by atoms with Crippen LogP contribution in [0.3, 0.4) is 0 Å². The lowest BCUT2D eigenvalue weighted by Gasteiger charge is -2.12. The predicted molar refractivity (Wildman–Crippen MR) is 96.9 cm³/mol. The van der Waals surface area contributed by atoms with Crippen LogP contribution in [-0.2, 0) is 0 Å². The molecule has 0 aliphatic rings. The van der Waals surface area contributed by atoms with Gasteiger partial charge in [-0.3, -0.25) is 4.79 Å². The highest BCUT2D eigenvalue weighted by Gasteiger charge is 2.13. The minimum absolute atomic E-state index is 0.176. The summed E-state index contributed by atoms with van der Waals surface area (Å²) < 4.78 is 0. The van der Waals surface area contributed by atoms with Crippen LogP contribution in [-0.4, -0.2) is 10.9 Å². The third-order valence-corrected chi connectivity index (χ3v) is 3.59. The highest BCUT2D eigenvalue weighted by Crippen LogP contribution is 2.25. The monoisotopic (exact) mass is 346 g/mol. The molecule has 0 bridgehead atoms. The van der Waals surface area contributed by atoms with Gasteiger partial charge in [0.25, 0.3) is 5.91 Å². The molecule has 2 rings (SSSR count). The molecule has 23 heavy (non-hydrogen) atoms. The van der Waals surface area contributed by atoms with E-state index in [1.54, 1.807) is 18.3 Å². The Balaban J connectivity index is 2.31. The van der Waals surface area contributed by atoms with Crippen molar-refractivity contribution in [2.75, 3.05) is 5.32 Å². The van der Waals surface area contributed by atoms with Crippen molar-refractivity contribution in [3.05, 3.63) is 76.1 Å². The Kier molecular flexibility index (Phi) is 5.97. The molecule has 2 aromatic rings. The van der Waals surface area contributed by atoms with Crippen LogP contribution in [0.4, 0.5) is 5.69 Å². The van der Waals surface area contributed by atoms with E-state index in [0.29, 0.717) is 16.3 Å². The van der Waals surface area contributed by atoms with Crippen LogP contribution in [0.2, 0.25) is 5.15 Å². The van der Waals surface area contributed by atoms with Gasteiger partial charge in [-0.2, -0.15) is 0 Å². The summed E-state index contributed by atoms with van der Waals surface area (Å²) in [5.41, 5.74) is 2.93. The van der Waals surface area contributed by atoms with E-state index in [1.165, 1.54) is 0 Å². The van der Waals surface area contributed by atoms with E-state index >= 15 is 0 Å². The number of nitrogens with zero attached hydrogens (tertiary/aromatic N) is 1. The Hall–Kier alpha value is -2.10. The van der Waals surface area contributed by atoms with Crippen molar-refractivity contribution in [1.82, 2.24) is 4.98 Å². The lowest BCUT2D eigenvalue weighted by molar-refractivity contribution is 0.102. The molecule has 3 nitrogen and oxygen atoms in total. The smallest absolute Gasteiger partial charge is 0.258 e. The van der Waals surface area contributed by atoms with E-state index < -0.39 is 0 Å². The molecule has 0 atom stereocenters. The summed E-state index contributed by atoms with van der Waals surface area (Å²) in [6.07, 6.45) is 5.26. The van der Waals surface area contributed by atoms with E-state index in [2.05, 4.69) is 10.3 Å². The van der Waals surface area contributed by atoms with Crippen molar-refractivity contribution in [1.29, 1.82) is 0 Å². The number of carbonyl (C=O) groups excluding carboxylic acids is 1. The third kappa shape index (κ3) is 4.68. The number of para-hydroxylation sites is 1. The van der Waals surface area contributed by atoms with Crippen LogP contribution in [0.1, 0.15) is 29.8 Å². The van der Waals surface area contributed by atoms with Gasteiger partial charge in [-0.15, -0.1) is 0 Å². The van der Waals surface area contributed by atoms with E-state index in [4.69, 9.17) is 23.2 Å². The van der Waals surface area contributed by atoms with Crippen LogP contribution < -0.4 is 5.32 Å². The number of benzene rings is 1. The van der Waals surface area contributed by atoms with Crippen LogP contribution >= 0.6 is 23.2 Å². The zero-order chi connectivity index (χ0) is 16.8. The molecule has 0 spiro atoms. The van der Waals surface area contributed by atoms with Crippen LogP contribution in [0.5, 0.6) is 0 Å². The van der Waals surface area contributed by atoms with Crippen molar-refractivity contribution in [3.63, 3.8) is 0 Å². The van der Waals surface area contributed by atoms with Gasteiger partial charge in [0.2, 0.25) is 0 Å². The largest absolute Gasteiger partial charge is 0.321 e. The number of nitrogens with one attached hydrogen (secondary N) is 1. The van der Waals surface area contributed by atoms with Crippen molar-refractivity contribution >= 4 is 40.4 Å². The first-order chi connectivity index (χ1) is 11.0. The molecule has 0 aliphatic heterocycles. The molecule has 0 unspecified atom stereocenters. The van der Waals surface area contributed by atoms with E-state index in [0.717, 1.165) is 11.1 Å². The number of pyridine rings is 1. The van der Waals surface area contributed by atoms with Gasteiger partial charge in [-0.25, -0.2) is 4.98 Å². The molecule has 0 saturated heterocycles. The molecule has 0 aliphatic carbocycles. The first-order valence-corrected chi connectivity index (χ1v) is 7.76. The van der Waals surface area contributed by atoms with Gasteiger partial charge in [-0.05, 0) is 43.7 Å². The van der Waals surface area contributed by atoms with E-state index in [1.807, 2.05) is 50.3 Å². The van der Waals surface area contributed by atoms with Gasteiger partial charge in [0.05, 0.1) is 5.56 Å². The second-order valence-corrected chi connectivity index (χ2v) is 5.90. The fourth-order valence-electron chi connectivity index (χ4n) is 2.01. The number of rotatable bonds is 4. The lowest BCUT2D eigenvalue weighted by atomic mass is 10.0. The van der Waals surface area contributed by atoms with Crippen molar-refractivity contribution < 1.29 is 4.79 Å². The topological polar surface area (TPSA) is 42.0 Å². The SMILES string of the molecule is C/C(Cl)=C\C=C(/C)c1ccccc1NC(=O)c1cccnc1Cl. The maximum Gasteiger partial charge on any atom is 0.258 e. The lowest BCUT2D eigenvalue weighted by Crippen LogP contribution is -2.14. The van der Waals surface area contributed by atoms with E-state index in [-0.39, 0.29) is 11.1 Å². The molecule has 0 fully saturated rings. The molecule has 1 aromatic carbocycles. The Labute approximate surface area is 145 Å². The van der Waals surface area contributed by atoms with Gasteiger partial charge in [0.1, 0.15) is 5.15 Å². The molecule has 0 saturated carbocycles. The molecule has 1 amide bonds. The molecule has 1 heterocycles. The summed E-state index contributed by atoms with van der Waals surface area (Å²) in [4.78, 5) is 16.3. The van der Waals surface area contributed by atoms with Crippen molar-refractivity contribution in [2.45, 2.75) is 13.8 Å². The number of aromatic nitrogens is 1. The summed E-state index contributed by atoms with van der Waals surface area (Å²) in [6.45, 7) is 3.77. The maximum atomic E-state index is 12.4. The normalized spacial score (nSPS) is 12.2. The van der Waals surface area contributed by atoms with Crippen LogP contribution in [0.25, 0.3) is 5.57 Å². The molecule has 0 radical (unpaired) electrons. The third-order valence-electron chi connectivity index (χ3n) is 3.17. The van der Waals surface area contributed by atoms with Gasteiger partial charge in [-0.1, -0.05) is 47.5 Å². The number of halogens is 2. The molecular formula is C18H16Cl2N2O. The fraction of sp³-hybridized carbons (Fsp3) is 0.111. The second kappa shape index (κ2) is 7.95. The first kappa shape index (κ1) is 17.3. The average molecular weight is 347 g/mol. The zero-order valence-electron chi connectivity index (χ0n) is 12.8. The number of allylic oxidation sites excluding steroid dienone is 4. The maximum absolute atomic E-state index is 12.4. The minimum Gasteiger partial charge on any atom is -0.321 e. The summed E-state index contributed by atoms with van der Waals surface area (Å²) >= 11 is 11.8. The summed E-state index contributed by atoms with van der Waals surface area (Å²) in [6, 6.07) is 10.9. The van der Waals surface area contributed by atoms with Gasteiger partial charge in [0.15, 0.2) is 0 Å². The minimum atomic E-state index is -0.299. The number of hydrogen-bond donors (Lipinski definition) is 1. The molecular weight excluding hydrogens is 331 g/mol. The quantitative estimate of drug-likeness (QED) is 0.583. The molecule has 1 aromatic heterocycles. The standard InChI is InChI=1S/C18H16Cl2N2O/c1-12(9-10-13(2)19)14-6-3-4-8-16(14)22-18(23)15-7-5-11-21-17(15)20/h3-11H,1-2H3,(H,22,23)/b12-9+,13-10+. The predicted octanol–water partition coefficient (Wildman–Crippen LogP) is 5.53. The zero-order valence-corrected chi connectivity index (χ0v) is 14.3. The highest BCUT2D eigenvalue weighted by molar-refractivity contribution is 6.33. The average Bonchev–Trinajstić information content (AvgIpc) is 2.53. The van der Waals surface area contributed by atoms with Gasteiger partial charge < -0.3 is 5.32 Å². The van der Waals surface area contributed by atoms with Gasteiger partial charge in [0, 0.05) is 22.5 Å². The highest BCUT2D eigenvalue weighted by atomic mass is 35.5. The Morgan fingerprint density at radius 3 is 2.48 bits per heavy atom. The Morgan fingerprint density at radius 2 is 1.78 bits per heavy atom. The molecule has 118 valence electrons. The summed E-state index contributed by atoms with van der Waals surface area (Å²) in [5.74, 6) is -0.299. The van der Waals surface area contributed by atoms with Crippen LogP contribution in [0, 0.1) is 0 Å². The number of amides is 1. The van der Waals surface area contributed by atoms with Crippen molar-refractivity contribution in [2.24, 2.45) is 0 Å². The fourth-order valence-corrected chi connectivity index (χ4v) is 2.28. The summed E-state index contributed by atoms with van der Waals surface area (Å²) in [5, 5.41) is 3.74. The van der Waals surface area contributed by atoms with E-state index in [9.17, 15) is 4.79 Å². The number of carbonyl (C=O) groups is 1. The number of anilines is 1. The summed E-state index contributed by atoms with van der Waals surface area (Å²) in [7, 11) is 0.